The molecule has 3 aromatic carbocycles. The Balaban J connectivity index is 0.000000648. The topological polar surface area (TPSA) is 30.9 Å². The normalized spacial score (nSPS) is 15.4. The van der Waals surface area contributed by atoms with Gasteiger partial charge in [0.2, 0.25) is 6.33 Å². The van der Waals surface area contributed by atoms with Crippen LogP contribution in [0.5, 0.6) is 0 Å². The van der Waals surface area contributed by atoms with Crippen molar-refractivity contribution in [2.75, 3.05) is 6.61 Å². The van der Waals surface area contributed by atoms with Crippen LogP contribution in [0.2, 0.25) is 5.04 Å². The smallest absolute Gasteiger partial charge is 0.418 e. The van der Waals surface area contributed by atoms with Crippen molar-refractivity contribution in [2.24, 2.45) is 0 Å². The van der Waals surface area contributed by atoms with Gasteiger partial charge in [-0.3, -0.25) is 0 Å². The fourth-order valence-corrected chi connectivity index (χ4v) is 9.95. The molecule has 0 N–H and O–H groups in total. The molecule has 39 heavy (non-hydrogen) atoms. The third-order valence-corrected chi connectivity index (χ3v) is 12.0. The maximum absolute atomic E-state index is 9.75. The second kappa shape index (κ2) is 11.9. The summed E-state index contributed by atoms with van der Waals surface area (Å²) in [4.78, 5) is 0. The average molecular weight is 556 g/mol. The number of aromatic nitrogens is 3. The number of benzene rings is 3. The van der Waals surface area contributed by atoms with Crippen molar-refractivity contribution in [1.29, 1.82) is 0 Å². The molecule has 0 radical (unpaired) electrons. The molecule has 4 nitrogen and oxygen atoms in total. The van der Waals surface area contributed by atoms with Gasteiger partial charge in [0, 0.05) is 11.5 Å². The lowest BCUT2D eigenvalue weighted by atomic mass is 10.2. The quantitative estimate of drug-likeness (QED) is 0.169. The summed E-state index contributed by atoms with van der Waals surface area (Å²) >= 11 is 0. The van der Waals surface area contributed by atoms with Crippen LogP contribution in [0.1, 0.15) is 44.6 Å². The van der Waals surface area contributed by atoms with E-state index in [0.29, 0.717) is 12.6 Å². The van der Waals surface area contributed by atoms with Crippen LogP contribution in [0.25, 0.3) is 0 Å². The monoisotopic (exact) mass is 555 g/mol. The van der Waals surface area contributed by atoms with Crippen molar-refractivity contribution < 1.29 is 26.3 Å². The largest absolute Gasteiger partial charge is 0.673 e. The van der Waals surface area contributed by atoms with E-state index in [9.17, 15) is 17.3 Å². The van der Waals surface area contributed by atoms with Crippen LogP contribution in [-0.2, 0) is 17.4 Å². The number of nitrogens with zero attached hydrogens (tertiary/aromatic N) is 3. The fraction of sp³-hybridized carbons (Fsp3) is 0.310. The lowest BCUT2D eigenvalue weighted by molar-refractivity contribution is -0.718. The average Bonchev–Trinajstić information content (AvgIpc) is 3.45. The van der Waals surface area contributed by atoms with Gasteiger partial charge in [0.05, 0.1) is 6.61 Å². The lowest BCUT2D eigenvalue weighted by Crippen LogP contribution is -2.67. The Kier molecular flexibility index (Phi) is 8.76. The van der Waals surface area contributed by atoms with E-state index in [-0.39, 0.29) is 5.04 Å². The number of fused-ring (bicyclic) bond motifs is 1. The summed E-state index contributed by atoms with van der Waals surface area (Å²) in [5.41, 5.74) is 1.27. The molecule has 1 aromatic heterocycles. The van der Waals surface area contributed by atoms with Crippen LogP contribution in [0, 0.1) is 0 Å². The molecule has 10 heteroatoms. The third kappa shape index (κ3) is 7.05. The molecule has 1 aliphatic rings. The zero-order valence-corrected chi connectivity index (χ0v) is 23.5. The van der Waals surface area contributed by atoms with Crippen LogP contribution in [-0.4, -0.2) is 32.0 Å². The Hall–Kier alpha value is -3.24. The van der Waals surface area contributed by atoms with Crippen molar-refractivity contribution in [3.8, 4) is 0 Å². The van der Waals surface area contributed by atoms with E-state index < -0.39 is 15.6 Å². The van der Waals surface area contributed by atoms with E-state index in [4.69, 9.17) is 9.52 Å². The molecular formula is C29H34BF4N3OSi. The minimum atomic E-state index is -6.00. The summed E-state index contributed by atoms with van der Waals surface area (Å²) in [6.45, 7) is 8.50. The Morgan fingerprint density at radius 3 is 1.85 bits per heavy atom. The van der Waals surface area contributed by atoms with Crippen LogP contribution < -0.4 is 14.9 Å². The molecule has 1 atom stereocenters. The first-order chi connectivity index (χ1) is 18.5. The Morgan fingerprint density at radius 1 is 0.872 bits per heavy atom. The summed E-state index contributed by atoms with van der Waals surface area (Å²) in [5.74, 6) is 1.16. The molecule has 0 fully saturated rings. The number of rotatable bonds is 7. The minimum Gasteiger partial charge on any atom is -0.418 e. The summed E-state index contributed by atoms with van der Waals surface area (Å²) in [5, 5.41) is 7.53. The minimum absolute atomic E-state index is 0.0146. The van der Waals surface area contributed by atoms with Gasteiger partial charge in [-0.1, -0.05) is 112 Å². The van der Waals surface area contributed by atoms with E-state index in [1.54, 1.807) is 0 Å². The van der Waals surface area contributed by atoms with Gasteiger partial charge in [0.1, 0.15) is 12.6 Å². The lowest BCUT2D eigenvalue weighted by Gasteiger charge is -2.43. The van der Waals surface area contributed by atoms with Crippen LogP contribution in [0.4, 0.5) is 17.3 Å². The first-order valence-corrected chi connectivity index (χ1v) is 15.0. The third-order valence-electron chi connectivity index (χ3n) is 6.99. The summed E-state index contributed by atoms with van der Waals surface area (Å²) in [6, 6.07) is 32.6. The number of hydrogen-bond acceptors (Lipinski definition) is 2. The van der Waals surface area contributed by atoms with Gasteiger partial charge < -0.3 is 21.7 Å². The predicted molar refractivity (Wildman–Crippen MR) is 149 cm³/mol. The Bertz CT molecular complexity index is 1280. The zero-order chi connectivity index (χ0) is 28.1. The van der Waals surface area contributed by atoms with Gasteiger partial charge in [-0.05, 0) is 27.4 Å². The second-order valence-corrected chi connectivity index (χ2v) is 15.1. The van der Waals surface area contributed by atoms with Gasteiger partial charge in [0.25, 0.3) is 14.1 Å². The molecule has 0 spiro atoms. The van der Waals surface area contributed by atoms with E-state index in [1.165, 1.54) is 15.9 Å². The molecule has 0 saturated carbocycles. The molecule has 0 amide bonds. The van der Waals surface area contributed by atoms with E-state index in [0.717, 1.165) is 25.2 Å². The van der Waals surface area contributed by atoms with Gasteiger partial charge >= 0.3 is 7.25 Å². The predicted octanol–water partition coefficient (Wildman–Crippen LogP) is 5.58. The van der Waals surface area contributed by atoms with Crippen LogP contribution in [0.3, 0.4) is 0 Å². The molecule has 206 valence electrons. The van der Waals surface area contributed by atoms with Crippen molar-refractivity contribution in [3.63, 3.8) is 0 Å². The van der Waals surface area contributed by atoms with E-state index in [2.05, 4.69) is 127 Å². The maximum Gasteiger partial charge on any atom is 0.673 e. The highest BCUT2D eigenvalue weighted by atomic mass is 28.4. The number of hydrogen-bond donors (Lipinski definition) is 0. The number of halogens is 4. The van der Waals surface area contributed by atoms with Gasteiger partial charge in [-0.2, -0.15) is 0 Å². The second-order valence-electron chi connectivity index (χ2n) is 10.8. The van der Waals surface area contributed by atoms with Gasteiger partial charge in [-0.15, -0.1) is 4.68 Å². The Labute approximate surface area is 228 Å². The van der Waals surface area contributed by atoms with Crippen molar-refractivity contribution >= 4 is 25.9 Å². The molecule has 5 rings (SSSR count). The van der Waals surface area contributed by atoms with E-state index in [1.807, 2.05) is 0 Å². The summed E-state index contributed by atoms with van der Waals surface area (Å²) in [6.07, 6.45) is 4.25. The van der Waals surface area contributed by atoms with Crippen LogP contribution in [0.15, 0.2) is 97.3 Å². The highest BCUT2D eigenvalue weighted by molar-refractivity contribution is 6.99. The van der Waals surface area contributed by atoms with Crippen molar-refractivity contribution in [3.05, 3.63) is 109 Å². The summed E-state index contributed by atoms with van der Waals surface area (Å²) < 4.78 is 50.6. The molecule has 2 heterocycles. The van der Waals surface area contributed by atoms with Gasteiger partial charge in [-0.25, -0.2) is 4.57 Å². The number of aryl methyl sites for hydroxylation is 1. The fourth-order valence-electron chi connectivity index (χ4n) is 5.35. The van der Waals surface area contributed by atoms with Crippen molar-refractivity contribution in [2.45, 2.75) is 51.2 Å². The standard InChI is InChI=1S/C29H34N3OSi.BF4/c1-29(2,3)34(26-15-9-5-10-16-26,27-17-11-6-12-18-27)33-22-25-19-20-28-30-31(23-32(25)28)21-24-13-7-4-8-14-24;2-1(3,4)5/h4-18,23,25H,19-22H2,1-3H3;/q+1;-1/t25-;/m0./s1. The molecule has 1 aliphatic heterocycles. The van der Waals surface area contributed by atoms with Gasteiger partial charge in [0.15, 0.2) is 0 Å². The SMILES string of the molecule is CC(C)(C)[Si](OC[C@@H]1CCc2nn(Cc3ccccc3)c[n+]21)(c1ccccc1)c1ccccc1.F[B-](F)(F)F. The zero-order valence-electron chi connectivity index (χ0n) is 22.5. The molecular weight excluding hydrogens is 521 g/mol. The first kappa shape index (κ1) is 28.8. The van der Waals surface area contributed by atoms with Crippen LogP contribution >= 0.6 is 0 Å². The molecule has 0 unspecified atom stereocenters. The highest BCUT2D eigenvalue weighted by Crippen LogP contribution is 2.37. The van der Waals surface area contributed by atoms with Crippen molar-refractivity contribution in [1.82, 2.24) is 9.78 Å². The molecule has 4 aromatic rings. The maximum atomic E-state index is 9.75. The highest BCUT2D eigenvalue weighted by Gasteiger charge is 2.51. The molecule has 0 bridgehead atoms. The Morgan fingerprint density at radius 2 is 1.36 bits per heavy atom. The van der Waals surface area contributed by atoms with E-state index >= 15 is 0 Å². The molecule has 0 saturated heterocycles. The first-order valence-electron chi connectivity index (χ1n) is 13.1. The summed E-state index contributed by atoms with van der Waals surface area (Å²) in [7, 11) is -8.53. The molecule has 0 aliphatic carbocycles.